The predicted molar refractivity (Wildman–Crippen MR) is 82.0 cm³/mol. The van der Waals surface area contributed by atoms with Crippen LogP contribution in [0, 0.1) is 11.7 Å². The van der Waals surface area contributed by atoms with Gasteiger partial charge in [-0.1, -0.05) is 12.1 Å². The van der Waals surface area contributed by atoms with E-state index in [0.29, 0.717) is 11.4 Å². The van der Waals surface area contributed by atoms with Crippen molar-refractivity contribution in [3.63, 3.8) is 0 Å². The number of likely N-dealkylation sites (N-methyl/N-ethyl adjacent to an activating group) is 1. The number of para-hydroxylation sites is 1. The molecule has 1 heterocycles. The summed E-state index contributed by atoms with van der Waals surface area (Å²) in [4.78, 5) is 42.0. The molecule has 7 nitrogen and oxygen atoms in total. The second-order valence-electron chi connectivity index (χ2n) is 5.41. The maximum atomic E-state index is 13.8. The topological polar surface area (TPSA) is 83.3 Å². The van der Waals surface area contributed by atoms with Gasteiger partial charge in [-0.2, -0.15) is 0 Å². The van der Waals surface area contributed by atoms with Crippen molar-refractivity contribution in [3.05, 3.63) is 30.1 Å². The number of carbonyl (C=O) groups excluding carboxylic acids is 3. The van der Waals surface area contributed by atoms with E-state index in [0.717, 1.165) is 12.6 Å². The van der Waals surface area contributed by atoms with Gasteiger partial charge in [0.2, 0.25) is 5.91 Å². The van der Waals surface area contributed by atoms with Crippen LogP contribution < -0.4 is 15.1 Å². The van der Waals surface area contributed by atoms with Crippen LogP contribution in [-0.4, -0.2) is 51.2 Å². The fraction of sp³-hybridized carbons (Fsp3) is 0.333. The lowest BCUT2D eigenvalue weighted by Gasteiger charge is -2.28. The van der Waals surface area contributed by atoms with Gasteiger partial charge in [0.1, 0.15) is 5.82 Å². The highest BCUT2D eigenvalue weighted by Crippen LogP contribution is 2.23. The number of benzene rings is 1. The van der Waals surface area contributed by atoms with Crippen molar-refractivity contribution < 1.29 is 23.7 Å². The quantitative estimate of drug-likeness (QED) is 0.552. The second-order valence-corrected chi connectivity index (χ2v) is 5.41. The lowest BCUT2D eigenvalue weighted by Crippen LogP contribution is -3.06. The minimum absolute atomic E-state index is 0.196. The predicted octanol–water partition coefficient (Wildman–Crippen LogP) is -0.760. The number of hydrogen-bond donors (Lipinski definition) is 2. The number of nitrogens with zero attached hydrogens (tertiary/aromatic N) is 2. The molecule has 4 amide bonds. The summed E-state index contributed by atoms with van der Waals surface area (Å²) >= 11 is 0. The zero-order chi connectivity index (χ0) is 17.0. The van der Waals surface area contributed by atoms with Crippen LogP contribution in [-0.2, 0) is 9.59 Å². The molecule has 0 spiro atoms. The Kier molecular flexibility index (Phi) is 5.17. The van der Waals surface area contributed by atoms with E-state index in [9.17, 15) is 18.8 Å². The molecule has 1 aliphatic rings. The highest BCUT2D eigenvalue weighted by Gasteiger charge is 2.41. The van der Waals surface area contributed by atoms with Crippen molar-refractivity contribution in [1.29, 1.82) is 0 Å². The first kappa shape index (κ1) is 16.8. The molecule has 2 N–H and O–H groups in total. The first-order valence-electron chi connectivity index (χ1n) is 7.14. The first-order chi connectivity index (χ1) is 10.9. The van der Waals surface area contributed by atoms with Crippen LogP contribution in [0.1, 0.15) is 0 Å². The average molecular weight is 321 g/mol. The summed E-state index contributed by atoms with van der Waals surface area (Å²) in [5, 5.41) is 2.05. The molecule has 0 bridgehead atoms. The number of nitrogens with one attached hydrogen (secondary N) is 2. The van der Waals surface area contributed by atoms with Gasteiger partial charge in [0, 0.05) is 6.21 Å². The van der Waals surface area contributed by atoms with Crippen LogP contribution in [0.15, 0.2) is 29.3 Å². The smallest absolute Gasteiger partial charge is 0.335 e. The summed E-state index contributed by atoms with van der Waals surface area (Å²) in [6, 6.07) is 4.41. The third-order valence-electron chi connectivity index (χ3n) is 3.29. The van der Waals surface area contributed by atoms with Crippen molar-refractivity contribution in [3.8, 4) is 0 Å². The van der Waals surface area contributed by atoms with Crippen LogP contribution in [0.2, 0.25) is 0 Å². The van der Waals surface area contributed by atoms with E-state index in [1.165, 1.54) is 29.3 Å². The summed E-state index contributed by atoms with van der Waals surface area (Å²) in [5.41, 5.74) is -0.196. The van der Waals surface area contributed by atoms with E-state index < -0.39 is 29.6 Å². The van der Waals surface area contributed by atoms with Gasteiger partial charge in [0.15, 0.2) is 5.92 Å². The van der Waals surface area contributed by atoms with Crippen molar-refractivity contribution in [2.45, 2.75) is 0 Å². The molecular formula is C15H18FN4O3+. The Morgan fingerprint density at radius 3 is 2.65 bits per heavy atom. The molecular weight excluding hydrogens is 303 g/mol. The minimum Gasteiger partial charge on any atom is -0.338 e. The zero-order valence-corrected chi connectivity index (χ0v) is 12.9. The number of urea groups is 1. The van der Waals surface area contributed by atoms with E-state index >= 15 is 0 Å². The minimum atomic E-state index is -1.25. The molecule has 1 fully saturated rings. The number of anilines is 1. The molecule has 122 valence electrons. The maximum absolute atomic E-state index is 13.8. The number of quaternary nitrogens is 1. The van der Waals surface area contributed by atoms with Gasteiger partial charge in [-0.15, -0.1) is 0 Å². The summed E-state index contributed by atoms with van der Waals surface area (Å²) in [6.45, 7) is 1.17. The standard InChI is InChI=1S/C15H17FN4O3/c1-19(2)8-7-17-9-10-13(21)18-15(23)20(14(10)22)12-6-4-3-5-11(12)16/h3-6,9-10H,7-8H2,1-2H3,(H,18,21,23)/p+1. The lowest BCUT2D eigenvalue weighted by molar-refractivity contribution is -0.856. The molecule has 1 atom stereocenters. The molecule has 0 radical (unpaired) electrons. The average Bonchev–Trinajstić information content (AvgIpc) is 2.47. The Labute approximate surface area is 132 Å². The molecule has 8 heteroatoms. The first-order valence-corrected chi connectivity index (χ1v) is 7.14. The molecule has 23 heavy (non-hydrogen) atoms. The lowest BCUT2D eigenvalue weighted by atomic mass is 10.1. The summed E-state index contributed by atoms with van der Waals surface area (Å²) in [6.07, 6.45) is 1.21. The Hall–Kier alpha value is -2.61. The molecule has 1 aliphatic heterocycles. The third kappa shape index (κ3) is 3.78. The third-order valence-corrected chi connectivity index (χ3v) is 3.29. The molecule has 1 saturated heterocycles. The number of aliphatic imine (C=N–C) groups is 1. The summed E-state index contributed by atoms with van der Waals surface area (Å²) in [5.74, 6) is -3.54. The van der Waals surface area contributed by atoms with Gasteiger partial charge in [0.05, 0.1) is 32.9 Å². The second kappa shape index (κ2) is 7.10. The summed E-state index contributed by atoms with van der Waals surface area (Å²) < 4.78 is 13.8. The van der Waals surface area contributed by atoms with Crippen LogP contribution in [0.3, 0.4) is 0 Å². The van der Waals surface area contributed by atoms with Crippen LogP contribution in [0.4, 0.5) is 14.9 Å². The van der Waals surface area contributed by atoms with Crippen molar-refractivity contribution >= 4 is 29.7 Å². The summed E-state index contributed by atoms with van der Waals surface area (Å²) in [7, 11) is 3.90. The number of barbiturate groups is 1. The molecule has 1 aromatic rings. The SMILES string of the molecule is C[NH+](C)CCN=CC1C(=O)NC(=O)N(c2ccccc2F)C1=O. The molecule has 2 rings (SSSR count). The van der Waals surface area contributed by atoms with Gasteiger partial charge >= 0.3 is 6.03 Å². The van der Waals surface area contributed by atoms with E-state index in [2.05, 4.69) is 4.99 Å². The van der Waals surface area contributed by atoms with Crippen LogP contribution in [0.5, 0.6) is 0 Å². The zero-order valence-electron chi connectivity index (χ0n) is 12.9. The fourth-order valence-electron chi connectivity index (χ4n) is 2.05. The van der Waals surface area contributed by atoms with Crippen molar-refractivity contribution in [2.75, 3.05) is 32.1 Å². The molecule has 0 aromatic heterocycles. The van der Waals surface area contributed by atoms with Crippen LogP contribution in [0.25, 0.3) is 0 Å². The highest BCUT2D eigenvalue weighted by atomic mass is 19.1. The number of carbonyl (C=O) groups is 3. The number of halogens is 1. The van der Waals surface area contributed by atoms with E-state index in [1.807, 2.05) is 19.4 Å². The number of rotatable bonds is 5. The van der Waals surface area contributed by atoms with Gasteiger partial charge in [-0.25, -0.2) is 14.1 Å². The van der Waals surface area contributed by atoms with E-state index in [4.69, 9.17) is 0 Å². The highest BCUT2D eigenvalue weighted by molar-refractivity contribution is 6.32. The number of amides is 4. The Balaban J connectivity index is 2.22. The maximum Gasteiger partial charge on any atom is 0.335 e. The molecule has 0 aliphatic carbocycles. The van der Waals surface area contributed by atoms with Gasteiger partial charge in [-0.3, -0.25) is 19.9 Å². The fourth-order valence-corrected chi connectivity index (χ4v) is 2.05. The van der Waals surface area contributed by atoms with Gasteiger partial charge < -0.3 is 4.90 Å². The normalized spacial score (nSPS) is 18.9. The molecule has 0 saturated carbocycles. The van der Waals surface area contributed by atoms with Crippen molar-refractivity contribution in [2.24, 2.45) is 10.9 Å². The Morgan fingerprint density at radius 1 is 1.30 bits per heavy atom. The van der Waals surface area contributed by atoms with Gasteiger partial charge in [-0.05, 0) is 12.1 Å². The van der Waals surface area contributed by atoms with Crippen LogP contribution >= 0.6 is 0 Å². The molecule has 1 unspecified atom stereocenters. The monoisotopic (exact) mass is 321 g/mol. The van der Waals surface area contributed by atoms with E-state index in [-0.39, 0.29) is 5.69 Å². The number of hydrogen-bond acceptors (Lipinski definition) is 4. The Bertz CT molecular complexity index is 660. The molecule has 1 aromatic carbocycles. The van der Waals surface area contributed by atoms with Gasteiger partial charge in [0.25, 0.3) is 5.91 Å². The largest absolute Gasteiger partial charge is 0.338 e. The van der Waals surface area contributed by atoms with Crippen molar-refractivity contribution in [1.82, 2.24) is 5.32 Å². The van der Waals surface area contributed by atoms with E-state index in [1.54, 1.807) is 0 Å². The number of imide groups is 2. The Morgan fingerprint density at radius 2 is 2.00 bits per heavy atom.